The smallest absolute Gasteiger partial charge is 0.199 e. The number of rotatable bonds is 0. The van der Waals surface area contributed by atoms with Crippen molar-refractivity contribution < 1.29 is 9.53 Å². The summed E-state index contributed by atoms with van der Waals surface area (Å²) in [6, 6.07) is 0. The van der Waals surface area contributed by atoms with Crippen molar-refractivity contribution in [2.75, 3.05) is 0 Å². The first-order chi connectivity index (χ1) is 3.70. The zero-order chi connectivity index (χ0) is 6.15. The molecule has 2 nitrogen and oxygen atoms in total. The van der Waals surface area contributed by atoms with E-state index in [0.717, 1.165) is 5.76 Å². The van der Waals surface area contributed by atoms with Gasteiger partial charge in [-0.15, -0.1) is 0 Å². The number of hydrogen-bond acceptors (Lipinski definition) is 2. The van der Waals surface area contributed by atoms with Crippen LogP contribution in [0.25, 0.3) is 0 Å². The topological polar surface area (TPSA) is 26.3 Å². The number of hydrogen-bond donors (Lipinski definition) is 0. The Morgan fingerprint density at radius 2 is 2.38 bits per heavy atom. The first-order valence-corrected chi connectivity index (χ1v) is 2.59. The second-order valence-electron chi connectivity index (χ2n) is 1.92. The molecule has 0 spiro atoms. The maximum atomic E-state index is 10.6. The minimum absolute atomic E-state index is 0.0718. The Hall–Kier alpha value is -0.790. The molecule has 0 saturated carbocycles. The van der Waals surface area contributed by atoms with Crippen molar-refractivity contribution in [2.24, 2.45) is 0 Å². The van der Waals surface area contributed by atoms with E-state index in [1.54, 1.807) is 13.8 Å². The van der Waals surface area contributed by atoms with Crippen molar-refractivity contribution in [1.29, 1.82) is 0 Å². The fraction of sp³-hybridized carbons (Fsp3) is 0.500. The van der Waals surface area contributed by atoms with Gasteiger partial charge in [-0.1, -0.05) is 0 Å². The van der Waals surface area contributed by atoms with Crippen LogP contribution in [0.5, 0.6) is 0 Å². The summed E-state index contributed by atoms with van der Waals surface area (Å²) in [5, 5.41) is 0. The van der Waals surface area contributed by atoms with Gasteiger partial charge >= 0.3 is 0 Å². The van der Waals surface area contributed by atoms with Gasteiger partial charge in [-0.05, 0) is 13.8 Å². The molecule has 1 aliphatic rings. The van der Waals surface area contributed by atoms with E-state index in [1.165, 1.54) is 6.08 Å². The Kier molecular flexibility index (Phi) is 1.08. The van der Waals surface area contributed by atoms with Crippen LogP contribution in [0.3, 0.4) is 0 Å². The first kappa shape index (κ1) is 5.35. The van der Waals surface area contributed by atoms with Crippen molar-refractivity contribution in [1.82, 2.24) is 0 Å². The van der Waals surface area contributed by atoms with Crippen LogP contribution in [0, 0.1) is 0 Å². The molecule has 0 aliphatic carbocycles. The largest absolute Gasteiger partial charge is 0.487 e. The summed E-state index contributed by atoms with van der Waals surface area (Å²) in [7, 11) is 0. The highest BCUT2D eigenvalue weighted by Crippen LogP contribution is 2.11. The molecular formula is C6H8O2. The van der Waals surface area contributed by atoms with E-state index >= 15 is 0 Å². The van der Waals surface area contributed by atoms with E-state index in [0.29, 0.717) is 0 Å². The fourth-order valence-corrected chi connectivity index (χ4v) is 0.689. The molecule has 1 heterocycles. The number of carbonyl (C=O) groups excluding carboxylic acids is 1. The molecule has 2 heteroatoms. The molecule has 1 atom stereocenters. The molecule has 0 N–H and O–H groups in total. The van der Waals surface area contributed by atoms with Gasteiger partial charge in [0.1, 0.15) is 0 Å². The predicted octanol–water partition coefficient (Wildman–Crippen LogP) is 0.878. The van der Waals surface area contributed by atoms with Gasteiger partial charge < -0.3 is 4.74 Å². The summed E-state index contributed by atoms with van der Waals surface area (Å²) in [5.74, 6) is 0.796. The standard InChI is InChI=1S/C6H8O2/c1-4-3-6(7)5(2)8-4/h3,5H,1-2H3/t5-/m0/s1. The molecule has 1 aliphatic heterocycles. The van der Waals surface area contributed by atoms with Crippen molar-refractivity contribution >= 4 is 5.78 Å². The molecule has 0 unspecified atom stereocenters. The van der Waals surface area contributed by atoms with Crippen LogP contribution < -0.4 is 0 Å². The second-order valence-corrected chi connectivity index (χ2v) is 1.92. The van der Waals surface area contributed by atoms with Crippen molar-refractivity contribution in [3.05, 3.63) is 11.8 Å². The molecule has 0 fully saturated rings. The highest BCUT2D eigenvalue weighted by atomic mass is 16.5. The number of allylic oxidation sites excluding steroid dienone is 1. The van der Waals surface area contributed by atoms with E-state index in [1.807, 2.05) is 0 Å². The van der Waals surface area contributed by atoms with Gasteiger partial charge in [0.15, 0.2) is 11.9 Å². The lowest BCUT2D eigenvalue weighted by Gasteiger charge is -2.00. The van der Waals surface area contributed by atoms with Gasteiger partial charge in [0, 0.05) is 6.08 Å². The van der Waals surface area contributed by atoms with Gasteiger partial charge in [-0.25, -0.2) is 0 Å². The first-order valence-electron chi connectivity index (χ1n) is 2.59. The van der Waals surface area contributed by atoms with E-state index in [9.17, 15) is 4.79 Å². The highest BCUT2D eigenvalue weighted by Gasteiger charge is 2.18. The van der Waals surface area contributed by atoms with Crippen LogP contribution in [-0.4, -0.2) is 11.9 Å². The van der Waals surface area contributed by atoms with Crippen LogP contribution in [0.4, 0.5) is 0 Å². The summed E-state index contributed by atoms with van der Waals surface area (Å²) in [5.41, 5.74) is 0. The van der Waals surface area contributed by atoms with Crippen molar-refractivity contribution in [2.45, 2.75) is 20.0 Å². The molecule has 0 aromatic carbocycles. The highest BCUT2D eigenvalue weighted by molar-refractivity contribution is 5.95. The van der Waals surface area contributed by atoms with Crippen molar-refractivity contribution in [3.8, 4) is 0 Å². The third-order valence-electron chi connectivity index (χ3n) is 1.11. The van der Waals surface area contributed by atoms with Crippen LogP contribution in [0.2, 0.25) is 0 Å². The Morgan fingerprint density at radius 1 is 1.75 bits per heavy atom. The minimum Gasteiger partial charge on any atom is -0.487 e. The summed E-state index contributed by atoms with van der Waals surface area (Å²) in [4.78, 5) is 10.6. The Labute approximate surface area is 48.1 Å². The molecule has 0 aromatic heterocycles. The van der Waals surface area contributed by atoms with Crippen LogP contribution in [0.1, 0.15) is 13.8 Å². The van der Waals surface area contributed by atoms with E-state index < -0.39 is 0 Å². The van der Waals surface area contributed by atoms with Gasteiger partial charge in [0.2, 0.25) is 0 Å². The number of carbonyl (C=O) groups is 1. The molecular weight excluding hydrogens is 104 g/mol. The molecule has 8 heavy (non-hydrogen) atoms. The third kappa shape index (κ3) is 0.735. The summed E-state index contributed by atoms with van der Waals surface area (Å²) < 4.78 is 4.98. The molecule has 1 rings (SSSR count). The molecule has 0 amide bonds. The average Bonchev–Trinajstić information content (AvgIpc) is 1.85. The van der Waals surface area contributed by atoms with Crippen molar-refractivity contribution in [3.63, 3.8) is 0 Å². The zero-order valence-electron chi connectivity index (χ0n) is 4.97. The van der Waals surface area contributed by atoms with Crippen LogP contribution in [-0.2, 0) is 9.53 Å². The summed E-state index contributed by atoms with van der Waals surface area (Å²) >= 11 is 0. The molecule has 44 valence electrons. The lowest BCUT2D eigenvalue weighted by molar-refractivity contribution is -0.119. The zero-order valence-corrected chi connectivity index (χ0v) is 4.97. The Bertz CT molecular complexity index is 147. The Balaban J connectivity index is 2.70. The minimum atomic E-state index is -0.241. The quantitative estimate of drug-likeness (QED) is 0.465. The predicted molar refractivity (Wildman–Crippen MR) is 29.3 cm³/mol. The molecule has 0 saturated heterocycles. The molecule has 0 bridgehead atoms. The normalized spacial score (nSPS) is 27.5. The van der Waals surface area contributed by atoms with Crippen LogP contribution >= 0.6 is 0 Å². The average molecular weight is 112 g/mol. The summed E-state index contributed by atoms with van der Waals surface area (Å²) in [6.45, 7) is 3.52. The van der Waals surface area contributed by atoms with Gasteiger partial charge in [-0.3, -0.25) is 4.79 Å². The van der Waals surface area contributed by atoms with Gasteiger partial charge in [0.25, 0.3) is 0 Å². The summed E-state index contributed by atoms with van der Waals surface area (Å²) in [6.07, 6.45) is 1.28. The Morgan fingerprint density at radius 3 is 2.50 bits per heavy atom. The lowest BCUT2D eigenvalue weighted by atomic mass is 10.3. The monoisotopic (exact) mass is 112 g/mol. The second kappa shape index (κ2) is 1.62. The van der Waals surface area contributed by atoms with Gasteiger partial charge in [-0.2, -0.15) is 0 Å². The molecule has 0 aromatic rings. The SMILES string of the molecule is CC1=CC(=O)[C@H](C)O1. The van der Waals surface area contributed by atoms with E-state index in [4.69, 9.17) is 4.74 Å². The van der Waals surface area contributed by atoms with Crippen LogP contribution in [0.15, 0.2) is 11.8 Å². The maximum Gasteiger partial charge on any atom is 0.199 e. The maximum absolute atomic E-state index is 10.6. The number of ether oxygens (including phenoxy) is 1. The van der Waals surface area contributed by atoms with E-state index in [2.05, 4.69) is 0 Å². The van der Waals surface area contributed by atoms with E-state index in [-0.39, 0.29) is 11.9 Å². The lowest BCUT2D eigenvalue weighted by Crippen LogP contribution is -2.09. The third-order valence-corrected chi connectivity index (χ3v) is 1.11. The van der Waals surface area contributed by atoms with Gasteiger partial charge in [0.05, 0.1) is 5.76 Å². The fourth-order valence-electron chi connectivity index (χ4n) is 0.689. The number of ketones is 1. The molecule has 0 radical (unpaired) electrons.